The second-order valence-electron chi connectivity index (χ2n) is 3.30. The number of aromatic nitrogens is 1. The van der Waals surface area contributed by atoms with Gasteiger partial charge in [-0.1, -0.05) is 11.6 Å². The predicted octanol–water partition coefficient (Wildman–Crippen LogP) is 2.26. The zero-order chi connectivity index (χ0) is 10.6. The number of hydrogen-bond acceptors (Lipinski definition) is 4. The number of ether oxygens (including phenoxy) is 1. The van der Waals surface area contributed by atoms with Gasteiger partial charge < -0.3 is 4.74 Å². The molecule has 1 unspecified atom stereocenters. The Labute approximate surface area is 93.7 Å². The molecule has 14 heavy (non-hydrogen) atoms. The van der Waals surface area contributed by atoms with Crippen molar-refractivity contribution in [3.05, 3.63) is 15.5 Å². The van der Waals surface area contributed by atoms with Crippen molar-refractivity contribution < 1.29 is 4.74 Å². The number of rotatable bonds is 5. The van der Waals surface area contributed by atoms with Crippen LogP contribution in [0.15, 0.2) is 6.20 Å². The van der Waals surface area contributed by atoms with E-state index in [0.717, 1.165) is 13.2 Å². The molecule has 0 N–H and O–H groups in total. The van der Waals surface area contributed by atoms with Crippen LogP contribution in [0.25, 0.3) is 0 Å². The molecule has 0 aliphatic carbocycles. The smallest absolute Gasteiger partial charge is 0.183 e. The summed E-state index contributed by atoms with van der Waals surface area (Å²) in [6, 6.07) is 0.404. The third-order valence-electron chi connectivity index (χ3n) is 2.09. The first-order valence-electron chi connectivity index (χ1n) is 4.43. The average Bonchev–Trinajstić information content (AvgIpc) is 2.51. The highest BCUT2D eigenvalue weighted by molar-refractivity contribution is 7.15. The Morgan fingerprint density at radius 2 is 2.43 bits per heavy atom. The third kappa shape index (κ3) is 3.53. The monoisotopic (exact) mass is 234 g/mol. The van der Waals surface area contributed by atoms with E-state index in [1.165, 1.54) is 16.2 Å². The zero-order valence-corrected chi connectivity index (χ0v) is 10.2. The average molecular weight is 235 g/mol. The number of halogens is 1. The number of hydrogen-bond donors (Lipinski definition) is 0. The molecule has 1 atom stereocenters. The number of thiazole rings is 1. The normalized spacial score (nSPS) is 13.5. The lowest BCUT2D eigenvalue weighted by molar-refractivity contribution is 0.112. The second-order valence-corrected chi connectivity index (χ2v) is 5.00. The molecule has 3 nitrogen and oxygen atoms in total. The van der Waals surface area contributed by atoms with Gasteiger partial charge in [0.25, 0.3) is 0 Å². The Balaban J connectivity index is 2.43. The van der Waals surface area contributed by atoms with E-state index < -0.39 is 0 Å². The number of nitrogens with zero attached hydrogens (tertiary/aromatic N) is 2. The maximum Gasteiger partial charge on any atom is 0.183 e. The lowest BCUT2D eigenvalue weighted by atomic mass is 10.3. The topological polar surface area (TPSA) is 25.4 Å². The minimum atomic E-state index is 0.404. The first-order chi connectivity index (χ1) is 6.63. The van der Waals surface area contributed by atoms with Crippen molar-refractivity contribution >= 4 is 22.9 Å². The van der Waals surface area contributed by atoms with Crippen molar-refractivity contribution in [1.29, 1.82) is 0 Å². The second kappa shape index (κ2) is 5.66. The fourth-order valence-electron chi connectivity index (χ4n) is 1.13. The lowest BCUT2D eigenvalue weighted by Gasteiger charge is -2.22. The first-order valence-corrected chi connectivity index (χ1v) is 5.62. The van der Waals surface area contributed by atoms with Crippen molar-refractivity contribution in [3.8, 4) is 0 Å². The summed E-state index contributed by atoms with van der Waals surface area (Å²) < 4.78 is 5.69. The summed E-state index contributed by atoms with van der Waals surface area (Å²) in [5.74, 6) is 0. The molecule has 0 saturated carbocycles. The van der Waals surface area contributed by atoms with Crippen LogP contribution in [0.1, 0.15) is 11.8 Å². The summed E-state index contributed by atoms with van der Waals surface area (Å²) in [4.78, 5) is 7.40. The Kier molecular flexibility index (Phi) is 4.81. The predicted molar refractivity (Wildman–Crippen MR) is 59.9 cm³/mol. The van der Waals surface area contributed by atoms with Gasteiger partial charge in [0.15, 0.2) is 4.47 Å². The van der Waals surface area contributed by atoms with E-state index in [1.807, 2.05) is 6.20 Å². The summed E-state index contributed by atoms with van der Waals surface area (Å²) in [7, 11) is 3.78. The fraction of sp³-hybridized carbons (Fsp3) is 0.667. The van der Waals surface area contributed by atoms with Gasteiger partial charge in [-0.3, -0.25) is 4.90 Å². The van der Waals surface area contributed by atoms with Crippen molar-refractivity contribution in [1.82, 2.24) is 9.88 Å². The molecule has 0 amide bonds. The SMILES string of the molecule is COCC(C)N(C)Cc1cnc(Cl)s1. The Morgan fingerprint density at radius 3 is 2.93 bits per heavy atom. The van der Waals surface area contributed by atoms with E-state index in [-0.39, 0.29) is 0 Å². The Morgan fingerprint density at radius 1 is 1.71 bits per heavy atom. The molecule has 0 aliphatic rings. The summed E-state index contributed by atoms with van der Waals surface area (Å²) in [6.45, 7) is 3.74. The van der Waals surface area contributed by atoms with Crippen LogP contribution in [0.3, 0.4) is 0 Å². The highest BCUT2D eigenvalue weighted by Gasteiger charge is 2.10. The maximum atomic E-state index is 5.75. The Bertz CT molecular complexity index is 280. The molecular weight excluding hydrogens is 220 g/mol. The highest BCUT2D eigenvalue weighted by atomic mass is 35.5. The molecule has 0 aromatic carbocycles. The van der Waals surface area contributed by atoms with Crippen LogP contribution in [0.4, 0.5) is 0 Å². The highest BCUT2D eigenvalue weighted by Crippen LogP contribution is 2.19. The Hall–Kier alpha value is -0.160. The molecule has 0 saturated heterocycles. The van der Waals surface area contributed by atoms with E-state index in [1.54, 1.807) is 7.11 Å². The van der Waals surface area contributed by atoms with Crippen molar-refractivity contribution in [2.24, 2.45) is 0 Å². The molecule has 1 aromatic heterocycles. The van der Waals surface area contributed by atoms with Crippen LogP contribution in [-0.2, 0) is 11.3 Å². The van der Waals surface area contributed by atoms with Crippen LogP contribution in [0, 0.1) is 0 Å². The number of likely N-dealkylation sites (N-methyl/N-ethyl adjacent to an activating group) is 1. The van der Waals surface area contributed by atoms with E-state index >= 15 is 0 Å². The lowest BCUT2D eigenvalue weighted by Crippen LogP contribution is -2.31. The summed E-state index contributed by atoms with van der Waals surface area (Å²) in [5, 5.41) is 0. The van der Waals surface area contributed by atoms with Gasteiger partial charge in [-0.25, -0.2) is 4.98 Å². The van der Waals surface area contributed by atoms with E-state index in [9.17, 15) is 0 Å². The molecule has 0 bridgehead atoms. The van der Waals surface area contributed by atoms with Crippen molar-refractivity contribution in [2.75, 3.05) is 20.8 Å². The fourth-order valence-corrected chi connectivity index (χ4v) is 2.17. The molecule has 0 fully saturated rings. The molecule has 1 heterocycles. The first kappa shape index (κ1) is 11.9. The summed E-state index contributed by atoms with van der Waals surface area (Å²) >= 11 is 7.27. The molecular formula is C9H15ClN2OS. The van der Waals surface area contributed by atoms with Gasteiger partial charge in [0.2, 0.25) is 0 Å². The minimum Gasteiger partial charge on any atom is -0.383 e. The van der Waals surface area contributed by atoms with Crippen LogP contribution < -0.4 is 0 Å². The quantitative estimate of drug-likeness (QED) is 0.782. The molecule has 80 valence electrons. The molecule has 0 aliphatic heterocycles. The summed E-state index contributed by atoms with van der Waals surface area (Å²) in [5.41, 5.74) is 0. The van der Waals surface area contributed by atoms with Gasteiger partial charge in [-0.2, -0.15) is 0 Å². The maximum absolute atomic E-state index is 5.75. The van der Waals surface area contributed by atoms with Crippen LogP contribution in [-0.4, -0.2) is 36.7 Å². The molecule has 1 rings (SSSR count). The van der Waals surface area contributed by atoms with Crippen molar-refractivity contribution in [3.63, 3.8) is 0 Å². The van der Waals surface area contributed by atoms with Crippen LogP contribution >= 0.6 is 22.9 Å². The van der Waals surface area contributed by atoms with E-state index in [2.05, 4.69) is 23.9 Å². The molecule has 5 heteroatoms. The largest absolute Gasteiger partial charge is 0.383 e. The van der Waals surface area contributed by atoms with Crippen LogP contribution in [0.5, 0.6) is 0 Å². The van der Waals surface area contributed by atoms with Gasteiger partial charge in [0.1, 0.15) is 0 Å². The van der Waals surface area contributed by atoms with Gasteiger partial charge >= 0.3 is 0 Å². The summed E-state index contributed by atoms with van der Waals surface area (Å²) in [6.07, 6.45) is 1.82. The van der Waals surface area contributed by atoms with Gasteiger partial charge in [0, 0.05) is 30.8 Å². The minimum absolute atomic E-state index is 0.404. The van der Waals surface area contributed by atoms with Gasteiger partial charge in [-0.05, 0) is 14.0 Å². The van der Waals surface area contributed by atoms with Crippen molar-refractivity contribution in [2.45, 2.75) is 19.5 Å². The molecule has 1 aromatic rings. The zero-order valence-electron chi connectivity index (χ0n) is 8.66. The molecule has 0 radical (unpaired) electrons. The van der Waals surface area contributed by atoms with Gasteiger partial charge in [-0.15, -0.1) is 11.3 Å². The molecule has 0 spiro atoms. The van der Waals surface area contributed by atoms with Gasteiger partial charge in [0.05, 0.1) is 6.61 Å². The van der Waals surface area contributed by atoms with E-state index in [4.69, 9.17) is 16.3 Å². The van der Waals surface area contributed by atoms with E-state index in [0.29, 0.717) is 10.5 Å². The number of methoxy groups -OCH3 is 1. The standard InChI is InChI=1S/C9H15ClN2OS/c1-7(6-13-3)12(2)5-8-4-11-9(10)14-8/h4,7H,5-6H2,1-3H3. The van der Waals surface area contributed by atoms with Crippen LogP contribution in [0.2, 0.25) is 4.47 Å². The third-order valence-corrected chi connectivity index (χ3v) is 3.19.